The highest BCUT2D eigenvalue weighted by molar-refractivity contribution is 7.17. The molecule has 0 bridgehead atoms. The van der Waals surface area contributed by atoms with Gasteiger partial charge >= 0.3 is 5.97 Å². The van der Waals surface area contributed by atoms with Crippen LogP contribution in [0.25, 0.3) is 0 Å². The largest absolute Gasteiger partial charge is 0.477 e. The zero-order valence-corrected chi connectivity index (χ0v) is 9.91. The number of carboxylic acids is 1. The molecule has 0 atom stereocenters. The van der Waals surface area contributed by atoms with E-state index in [0.29, 0.717) is 5.13 Å². The maximum Gasteiger partial charge on any atom is 0.347 e. The van der Waals surface area contributed by atoms with Gasteiger partial charge in [0.1, 0.15) is 4.88 Å². The molecule has 2 rings (SSSR count). The van der Waals surface area contributed by atoms with Crippen molar-refractivity contribution in [2.24, 2.45) is 0 Å². The van der Waals surface area contributed by atoms with E-state index in [9.17, 15) is 4.79 Å². The van der Waals surface area contributed by atoms with Crippen molar-refractivity contribution < 1.29 is 9.90 Å². The number of hydrogen-bond acceptors (Lipinski definition) is 4. The van der Waals surface area contributed by atoms with E-state index in [1.807, 2.05) is 18.2 Å². The first-order valence-corrected chi connectivity index (χ1v) is 6.04. The van der Waals surface area contributed by atoms with Gasteiger partial charge in [-0.25, -0.2) is 9.78 Å². The summed E-state index contributed by atoms with van der Waals surface area (Å²) >= 11 is 1.15. The first-order chi connectivity index (χ1) is 8.25. The van der Waals surface area contributed by atoms with E-state index in [-0.39, 0.29) is 4.88 Å². The standard InChI is InChI=1S/C12H12N2O2S/c15-11(16)10-8-14-12(17-10)13-7-6-9-4-2-1-3-5-9/h1-5,8H,6-7H2,(H,13,14)(H,15,16). The SMILES string of the molecule is O=C(O)c1cnc(NCCc2ccccc2)s1. The Morgan fingerprint density at radius 2 is 2.12 bits per heavy atom. The van der Waals surface area contributed by atoms with Gasteiger partial charge < -0.3 is 10.4 Å². The van der Waals surface area contributed by atoms with Gasteiger partial charge in [0.25, 0.3) is 0 Å². The van der Waals surface area contributed by atoms with Gasteiger partial charge in [0.2, 0.25) is 0 Å². The van der Waals surface area contributed by atoms with Crippen LogP contribution in [0.5, 0.6) is 0 Å². The first-order valence-electron chi connectivity index (χ1n) is 5.22. The molecule has 2 N–H and O–H groups in total. The fraction of sp³-hybridized carbons (Fsp3) is 0.167. The molecule has 4 nitrogen and oxygen atoms in total. The van der Waals surface area contributed by atoms with E-state index in [2.05, 4.69) is 22.4 Å². The zero-order valence-electron chi connectivity index (χ0n) is 9.09. The van der Waals surface area contributed by atoms with Gasteiger partial charge in [-0.3, -0.25) is 0 Å². The summed E-state index contributed by atoms with van der Waals surface area (Å²) in [5.74, 6) is -0.932. The minimum Gasteiger partial charge on any atom is -0.477 e. The summed E-state index contributed by atoms with van der Waals surface area (Å²) in [7, 11) is 0. The number of hydrogen-bond donors (Lipinski definition) is 2. The number of nitrogens with zero attached hydrogens (tertiary/aromatic N) is 1. The molecule has 0 fully saturated rings. The van der Waals surface area contributed by atoms with E-state index < -0.39 is 5.97 Å². The van der Waals surface area contributed by atoms with E-state index in [1.54, 1.807) is 0 Å². The fourth-order valence-electron chi connectivity index (χ4n) is 1.41. The second kappa shape index (κ2) is 5.45. The van der Waals surface area contributed by atoms with Gasteiger partial charge in [0, 0.05) is 6.54 Å². The molecule has 0 spiro atoms. The number of carboxylic acid groups (broad SMARTS) is 1. The quantitative estimate of drug-likeness (QED) is 0.853. The van der Waals surface area contributed by atoms with Crippen LogP contribution in [-0.4, -0.2) is 22.6 Å². The van der Waals surface area contributed by atoms with Crippen molar-refractivity contribution in [2.75, 3.05) is 11.9 Å². The van der Waals surface area contributed by atoms with Crippen molar-refractivity contribution in [3.05, 3.63) is 47.0 Å². The number of carbonyl (C=O) groups is 1. The Balaban J connectivity index is 1.84. The van der Waals surface area contributed by atoms with Crippen LogP contribution in [0.15, 0.2) is 36.5 Å². The molecule has 0 unspecified atom stereocenters. The Bertz CT molecular complexity index is 496. The van der Waals surface area contributed by atoms with Gasteiger partial charge in [0.15, 0.2) is 5.13 Å². The molecule has 88 valence electrons. The lowest BCUT2D eigenvalue weighted by Gasteiger charge is -2.02. The van der Waals surface area contributed by atoms with Gasteiger partial charge in [-0.05, 0) is 12.0 Å². The lowest BCUT2D eigenvalue weighted by atomic mass is 10.2. The number of aromatic nitrogens is 1. The van der Waals surface area contributed by atoms with Crippen LogP contribution < -0.4 is 5.32 Å². The monoisotopic (exact) mass is 248 g/mol. The Hall–Kier alpha value is -1.88. The van der Waals surface area contributed by atoms with Crippen LogP contribution in [0.2, 0.25) is 0 Å². The molecule has 0 aliphatic carbocycles. The highest BCUT2D eigenvalue weighted by atomic mass is 32.1. The number of nitrogens with one attached hydrogen (secondary N) is 1. The molecule has 0 amide bonds. The molecule has 0 radical (unpaired) electrons. The molecule has 1 heterocycles. The Labute approximate surface area is 103 Å². The Kier molecular flexibility index (Phi) is 3.72. The lowest BCUT2D eigenvalue weighted by Crippen LogP contribution is -2.04. The van der Waals surface area contributed by atoms with Crippen molar-refractivity contribution in [2.45, 2.75) is 6.42 Å². The zero-order chi connectivity index (χ0) is 12.1. The van der Waals surface area contributed by atoms with Crippen LogP contribution in [0.4, 0.5) is 5.13 Å². The van der Waals surface area contributed by atoms with E-state index >= 15 is 0 Å². The van der Waals surface area contributed by atoms with E-state index in [1.165, 1.54) is 11.8 Å². The highest BCUT2D eigenvalue weighted by Crippen LogP contribution is 2.17. The average molecular weight is 248 g/mol. The predicted molar refractivity (Wildman–Crippen MR) is 67.7 cm³/mol. The second-order valence-electron chi connectivity index (χ2n) is 3.50. The smallest absolute Gasteiger partial charge is 0.347 e. The highest BCUT2D eigenvalue weighted by Gasteiger charge is 2.07. The summed E-state index contributed by atoms with van der Waals surface area (Å²) in [6, 6.07) is 10.1. The molecular formula is C12H12N2O2S. The van der Waals surface area contributed by atoms with Gasteiger partial charge in [-0.1, -0.05) is 41.7 Å². The number of rotatable bonds is 5. The topological polar surface area (TPSA) is 62.2 Å². The minimum atomic E-state index is -0.932. The maximum absolute atomic E-state index is 10.7. The van der Waals surface area contributed by atoms with Crippen LogP contribution in [0.3, 0.4) is 0 Å². The van der Waals surface area contributed by atoms with E-state index in [0.717, 1.165) is 24.3 Å². The minimum absolute atomic E-state index is 0.257. The second-order valence-corrected chi connectivity index (χ2v) is 4.53. The molecule has 0 aliphatic heterocycles. The normalized spacial score (nSPS) is 10.1. The van der Waals surface area contributed by atoms with Crippen molar-refractivity contribution in [3.8, 4) is 0 Å². The summed E-state index contributed by atoms with van der Waals surface area (Å²) in [6.07, 6.45) is 2.26. The molecule has 0 saturated heterocycles. The average Bonchev–Trinajstić information content (AvgIpc) is 2.79. The Morgan fingerprint density at radius 1 is 1.35 bits per heavy atom. The molecule has 2 aromatic rings. The van der Waals surface area contributed by atoms with Crippen molar-refractivity contribution >= 4 is 22.4 Å². The van der Waals surface area contributed by atoms with Crippen LogP contribution in [0.1, 0.15) is 15.2 Å². The molecule has 1 aromatic heterocycles. The van der Waals surface area contributed by atoms with Crippen LogP contribution in [-0.2, 0) is 6.42 Å². The number of anilines is 1. The van der Waals surface area contributed by atoms with Gasteiger partial charge in [-0.15, -0.1) is 0 Å². The Morgan fingerprint density at radius 3 is 2.76 bits per heavy atom. The maximum atomic E-state index is 10.7. The lowest BCUT2D eigenvalue weighted by molar-refractivity contribution is 0.0702. The third-order valence-corrected chi connectivity index (χ3v) is 3.19. The van der Waals surface area contributed by atoms with Crippen molar-refractivity contribution in [3.63, 3.8) is 0 Å². The van der Waals surface area contributed by atoms with Crippen molar-refractivity contribution in [1.29, 1.82) is 0 Å². The predicted octanol–water partition coefficient (Wildman–Crippen LogP) is 2.50. The summed E-state index contributed by atoms with van der Waals surface area (Å²) in [6.45, 7) is 0.747. The summed E-state index contributed by atoms with van der Waals surface area (Å²) < 4.78 is 0. The van der Waals surface area contributed by atoms with Crippen LogP contribution >= 0.6 is 11.3 Å². The first kappa shape index (κ1) is 11.6. The third kappa shape index (κ3) is 3.29. The molecule has 1 aromatic carbocycles. The third-order valence-electron chi connectivity index (χ3n) is 2.25. The molecule has 0 aliphatic rings. The van der Waals surface area contributed by atoms with Crippen molar-refractivity contribution in [1.82, 2.24) is 4.98 Å². The fourth-order valence-corrected chi connectivity index (χ4v) is 2.09. The van der Waals surface area contributed by atoms with E-state index in [4.69, 9.17) is 5.11 Å². The molecular weight excluding hydrogens is 236 g/mol. The van der Waals surface area contributed by atoms with Gasteiger partial charge in [-0.2, -0.15) is 0 Å². The molecule has 17 heavy (non-hydrogen) atoms. The molecule has 0 saturated carbocycles. The van der Waals surface area contributed by atoms with Gasteiger partial charge in [0.05, 0.1) is 6.20 Å². The number of thiazole rings is 1. The summed E-state index contributed by atoms with van der Waals surface area (Å²) in [4.78, 5) is 14.9. The number of benzene rings is 1. The summed E-state index contributed by atoms with van der Waals surface area (Å²) in [5.41, 5.74) is 1.25. The molecule has 5 heteroatoms. The number of aromatic carboxylic acids is 1. The van der Waals surface area contributed by atoms with Crippen LogP contribution in [0, 0.1) is 0 Å². The summed E-state index contributed by atoms with van der Waals surface area (Å²) in [5, 5.41) is 12.5.